The van der Waals surface area contributed by atoms with Crippen molar-refractivity contribution in [3.05, 3.63) is 46.2 Å². The van der Waals surface area contributed by atoms with Crippen LogP contribution >= 0.6 is 23.1 Å². The molecule has 6 nitrogen and oxygen atoms in total. The number of amides is 1. The number of carbonyl (C=O) groups is 1. The van der Waals surface area contributed by atoms with Gasteiger partial charge in [-0.25, -0.2) is 4.98 Å². The number of hydrogen-bond donors (Lipinski definition) is 1. The minimum Gasteiger partial charge on any atom is -0.376 e. The molecule has 1 aromatic carbocycles. The SMILES string of the molecule is CCn1c(SCC(=O)NCC2CCCO2)nc2sc(-c3ccccc3)c(C)c2c1=O. The number of nitrogens with zero attached hydrogens (tertiary/aromatic N) is 2. The molecule has 8 heteroatoms. The zero-order valence-corrected chi connectivity index (χ0v) is 18.8. The highest BCUT2D eigenvalue weighted by Gasteiger charge is 2.20. The number of ether oxygens (including phenoxy) is 1. The predicted octanol–water partition coefficient (Wildman–Crippen LogP) is 3.84. The quantitative estimate of drug-likeness (QED) is 0.444. The first-order chi connectivity index (χ1) is 14.6. The van der Waals surface area contributed by atoms with E-state index in [0.717, 1.165) is 40.3 Å². The molecule has 0 spiro atoms. The second kappa shape index (κ2) is 9.32. The molecule has 1 aliphatic heterocycles. The highest BCUT2D eigenvalue weighted by molar-refractivity contribution is 7.99. The van der Waals surface area contributed by atoms with Crippen molar-refractivity contribution in [3.8, 4) is 10.4 Å². The van der Waals surface area contributed by atoms with Crippen LogP contribution in [0.15, 0.2) is 40.3 Å². The monoisotopic (exact) mass is 443 g/mol. The maximum absolute atomic E-state index is 13.2. The molecule has 1 unspecified atom stereocenters. The number of fused-ring (bicyclic) bond motifs is 1. The Labute approximate surface area is 183 Å². The largest absolute Gasteiger partial charge is 0.376 e. The summed E-state index contributed by atoms with van der Waals surface area (Å²) in [6, 6.07) is 10.1. The molecule has 3 aromatic rings. The molecule has 2 aromatic heterocycles. The van der Waals surface area contributed by atoms with Gasteiger partial charge in [-0.15, -0.1) is 11.3 Å². The molecule has 0 radical (unpaired) electrons. The Bertz CT molecular complexity index is 1100. The van der Waals surface area contributed by atoms with Gasteiger partial charge in [0.25, 0.3) is 5.56 Å². The van der Waals surface area contributed by atoms with E-state index in [-0.39, 0.29) is 23.3 Å². The van der Waals surface area contributed by atoms with Gasteiger partial charge in [0.2, 0.25) is 5.91 Å². The minimum absolute atomic E-state index is 0.0410. The summed E-state index contributed by atoms with van der Waals surface area (Å²) in [6.45, 7) is 5.73. The Balaban J connectivity index is 1.57. The number of thioether (sulfide) groups is 1. The van der Waals surface area contributed by atoms with Crippen molar-refractivity contribution in [2.75, 3.05) is 18.9 Å². The van der Waals surface area contributed by atoms with E-state index in [9.17, 15) is 9.59 Å². The number of aryl methyl sites for hydroxylation is 1. The summed E-state index contributed by atoms with van der Waals surface area (Å²) in [7, 11) is 0. The average Bonchev–Trinajstić information content (AvgIpc) is 3.39. The summed E-state index contributed by atoms with van der Waals surface area (Å²) in [6.07, 6.45) is 2.16. The van der Waals surface area contributed by atoms with Gasteiger partial charge >= 0.3 is 0 Å². The first-order valence-corrected chi connectivity index (χ1v) is 12.0. The summed E-state index contributed by atoms with van der Waals surface area (Å²) in [5.74, 6) is 0.153. The lowest BCUT2D eigenvalue weighted by Gasteiger charge is -2.12. The molecule has 4 rings (SSSR count). The molecule has 3 heterocycles. The molecule has 1 saturated heterocycles. The zero-order chi connectivity index (χ0) is 21.1. The third-order valence-electron chi connectivity index (χ3n) is 5.25. The van der Waals surface area contributed by atoms with Crippen LogP contribution in [0.5, 0.6) is 0 Å². The highest BCUT2D eigenvalue weighted by Crippen LogP contribution is 2.36. The van der Waals surface area contributed by atoms with Crippen LogP contribution in [0.2, 0.25) is 0 Å². The molecule has 1 amide bonds. The molecule has 0 aliphatic carbocycles. The lowest BCUT2D eigenvalue weighted by Crippen LogP contribution is -2.33. The fourth-order valence-electron chi connectivity index (χ4n) is 3.67. The fourth-order valence-corrected chi connectivity index (χ4v) is 5.79. The lowest BCUT2D eigenvalue weighted by atomic mass is 10.1. The maximum atomic E-state index is 13.2. The smallest absolute Gasteiger partial charge is 0.263 e. The van der Waals surface area contributed by atoms with E-state index in [1.165, 1.54) is 23.1 Å². The van der Waals surface area contributed by atoms with Crippen molar-refractivity contribution in [2.45, 2.75) is 44.5 Å². The van der Waals surface area contributed by atoms with Crippen molar-refractivity contribution in [2.24, 2.45) is 0 Å². The molecule has 0 saturated carbocycles. The Morgan fingerprint density at radius 2 is 2.17 bits per heavy atom. The molecule has 158 valence electrons. The molecular weight excluding hydrogens is 418 g/mol. The normalized spacial score (nSPS) is 16.3. The second-order valence-electron chi connectivity index (χ2n) is 7.27. The van der Waals surface area contributed by atoms with Gasteiger partial charge in [0.1, 0.15) is 4.83 Å². The van der Waals surface area contributed by atoms with Gasteiger partial charge < -0.3 is 10.1 Å². The van der Waals surface area contributed by atoms with Crippen molar-refractivity contribution in [3.63, 3.8) is 0 Å². The van der Waals surface area contributed by atoms with Gasteiger partial charge in [0.05, 0.1) is 17.2 Å². The molecule has 30 heavy (non-hydrogen) atoms. The van der Waals surface area contributed by atoms with E-state index >= 15 is 0 Å². The van der Waals surface area contributed by atoms with Crippen LogP contribution in [0, 0.1) is 6.92 Å². The Morgan fingerprint density at radius 3 is 2.87 bits per heavy atom. The van der Waals surface area contributed by atoms with Crippen molar-refractivity contribution >= 4 is 39.2 Å². The predicted molar refractivity (Wildman–Crippen MR) is 122 cm³/mol. The number of benzene rings is 1. The summed E-state index contributed by atoms with van der Waals surface area (Å²) in [5, 5.41) is 4.18. The topological polar surface area (TPSA) is 73.2 Å². The average molecular weight is 444 g/mol. The molecule has 1 atom stereocenters. The van der Waals surface area contributed by atoms with Gasteiger partial charge in [0, 0.05) is 24.6 Å². The number of aromatic nitrogens is 2. The summed E-state index contributed by atoms with van der Waals surface area (Å²) < 4.78 is 7.20. The standard InChI is InChI=1S/C22H25N3O3S2/c1-3-25-21(27)18-14(2)19(15-8-5-4-6-9-15)30-20(18)24-22(25)29-13-17(26)23-12-16-10-7-11-28-16/h4-6,8-9,16H,3,7,10-13H2,1-2H3,(H,23,26). The van der Waals surface area contributed by atoms with Crippen LogP contribution in [0.4, 0.5) is 0 Å². The van der Waals surface area contributed by atoms with E-state index in [1.54, 1.807) is 4.57 Å². The first kappa shape index (κ1) is 21.1. The van der Waals surface area contributed by atoms with Gasteiger partial charge in [-0.05, 0) is 37.8 Å². The van der Waals surface area contributed by atoms with E-state index in [4.69, 9.17) is 9.72 Å². The Hall–Kier alpha value is -2.16. The van der Waals surface area contributed by atoms with Crippen LogP contribution < -0.4 is 10.9 Å². The summed E-state index contributed by atoms with van der Waals surface area (Å²) in [4.78, 5) is 32.0. The van der Waals surface area contributed by atoms with Crippen LogP contribution in [0.25, 0.3) is 20.7 Å². The molecule has 1 fully saturated rings. The van der Waals surface area contributed by atoms with Crippen molar-refractivity contribution in [1.82, 2.24) is 14.9 Å². The van der Waals surface area contributed by atoms with Crippen LogP contribution in [0.1, 0.15) is 25.3 Å². The number of thiophene rings is 1. The number of rotatable bonds is 7. The minimum atomic E-state index is -0.0696. The maximum Gasteiger partial charge on any atom is 0.263 e. The Kier molecular flexibility index (Phi) is 6.55. The summed E-state index contributed by atoms with van der Waals surface area (Å²) in [5.41, 5.74) is 2.01. The fraction of sp³-hybridized carbons (Fsp3) is 0.409. The van der Waals surface area contributed by atoms with Crippen LogP contribution in [-0.4, -0.2) is 40.5 Å². The van der Waals surface area contributed by atoms with Crippen molar-refractivity contribution < 1.29 is 9.53 Å². The molecule has 1 aliphatic rings. The third-order valence-corrected chi connectivity index (χ3v) is 7.46. The Morgan fingerprint density at radius 1 is 1.37 bits per heavy atom. The van der Waals surface area contributed by atoms with Gasteiger partial charge in [-0.2, -0.15) is 0 Å². The zero-order valence-electron chi connectivity index (χ0n) is 17.1. The highest BCUT2D eigenvalue weighted by atomic mass is 32.2. The second-order valence-corrected chi connectivity index (χ2v) is 9.22. The summed E-state index contributed by atoms with van der Waals surface area (Å²) >= 11 is 2.84. The van der Waals surface area contributed by atoms with Crippen LogP contribution in [0.3, 0.4) is 0 Å². The number of nitrogens with one attached hydrogen (secondary N) is 1. The van der Waals surface area contributed by atoms with Gasteiger partial charge in [0.15, 0.2) is 5.16 Å². The lowest BCUT2D eigenvalue weighted by molar-refractivity contribution is -0.119. The third kappa shape index (κ3) is 4.31. The van der Waals surface area contributed by atoms with Gasteiger partial charge in [-0.1, -0.05) is 42.1 Å². The van der Waals surface area contributed by atoms with E-state index in [2.05, 4.69) is 5.32 Å². The number of hydrogen-bond acceptors (Lipinski definition) is 6. The van der Waals surface area contributed by atoms with E-state index < -0.39 is 0 Å². The molecule has 1 N–H and O–H groups in total. The van der Waals surface area contributed by atoms with Crippen molar-refractivity contribution in [1.29, 1.82) is 0 Å². The van der Waals surface area contributed by atoms with E-state index in [0.29, 0.717) is 23.6 Å². The number of carbonyl (C=O) groups excluding carboxylic acids is 1. The van der Waals surface area contributed by atoms with Crippen LogP contribution in [-0.2, 0) is 16.1 Å². The molecular formula is C22H25N3O3S2. The first-order valence-electron chi connectivity index (χ1n) is 10.2. The molecule has 0 bridgehead atoms. The van der Waals surface area contributed by atoms with E-state index in [1.807, 2.05) is 44.2 Å². The van der Waals surface area contributed by atoms with Gasteiger partial charge in [-0.3, -0.25) is 14.2 Å².